The van der Waals surface area contributed by atoms with Crippen LogP contribution >= 0.6 is 15.9 Å². The highest BCUT2D eigenvalue weighted by atomic mass is 79.9. The molecule has 5 heteroatoms. The predicted octanol–water partition coefficient (Wildman–Crippen LogP) is 3.34. The van der Waals surface area contributed by atoms with Gasteiger partial charge in [0.25, 0.3) is 0 Å². The van der Waals surface area contributed by atoms with Crippen molar-refractivity contribution in [2.24, 2.45) is 5.41 Å². The molecular formula is C13H14BrF2NO. The van der Waals surface area contributed by atoms with E-state index in [1.165, 1.54) is 12.1 Å². The monoisotopic (exact) mass is 317 g/mol. The fourth-order valence-electron chi connectivity index (χ4n) is 2.88. The molecule has 1 aromatic rings. The third-order valence-corrected chi connectivity index (χ3v) is 4.36. The standard InChI is InChI=1S/C13H14BrF2NO/c14-9-5-10(15)12(11(16)6-9)17-7-13(8-17)1-3-18-4-2-13/h5-6H,1-4,7-8H2. The van der Waals surface area contributed by atoms with Gasteiger partial charge in [-0.2, -0.15) is 0 Å². The van der Waals surface area contributed by atoms with Gasteiger partial charge in [0, 0.05) is 36.2 Å². The van der Waals surface area contributed by atoms with Crippen molar-refractivity contribution in [3.05, 3.63) is 28.2 Å². The van der Waals surface area contributed by atoms with Crippen molar-refractivity contribution in [2.45, 2.75) is 12.8 Å². The highest BCUT2D eigenvalue weighted by Gasteiger charge is 2.45. The van der Waals surface area contributed by atoms with Gasteiger partial charge in [0.15, 0.2) is 11.6 Å². The van der Waals surface area contributed by atoms with Crippen LogP contribution in [0.15, 0.2) is 16.6 Å². The maximum atomic E-state index is 13.8. The van der Waals surface area contributed by atoms with Gasteiger partial charge in [0.2, 0.25) is 0 Å². The summed E-state index contributed by atoms with van der Waals surface area (Å²) in [5.74, 6) is -0.993. The molecule has 2 saturated heterocycles. The van der Waals surface area contributed by atoms with E-state index in [1.807, 2.05) is 0 Å². The molecule has 2 aliphatic heterocycles. The Balaban J connectivity index is 1.78. The summed E-state index contributed by atoms with van der Waals surface area (Å²) in [6.07, 6.45) is 1.98. The van der Waals surface area contributed by atoms with Crippen molar-refractivity contribution in [3.8, 4) is 0 Å². The average molecular weight is 318 g/mol. The van der Waals surface area contributed by atoms with Crippen molar-refractivity contribution in [1.29, 1.82) is 0 Å². The van der Waals surface area contributed by atoms with Crippen LogP contribution in [0.1, 0.15) is 12.8 Å². The summed E-state index contributed by atoms with van der Waals surface area (Å²) in [7, 11) is 0. The highest BCUT2D eigenvalue weighted by Crippen LogP contribution is 2.43. The molecule has 0 aromatic heterocycles. The fraction of sp³-hybridized carbons (Fsp3) is 0.538. The Kier molecular flexibility index (Phi) is 3.06. The van der Waals surface area contributed by atoms with Crippen molar-refractivity contribution < 1.29 is 13.5 Å². The molecule has 98 valence electrons. The average Bonchev–Trinajstić information content (AvgIpc) is 2.26. The SMILES string of the molecule is Fc1cc(Br)cc(F)c1N1CC2(CCOCC2)C1. The number of halogens is 3. The second-order valence-electron chi connectivity index (χ2n) is 5.19. The van der Waals surface area contributed by atoms with Crippen LogP contribution in [0.25, 0.3) is 0 Å². The first-order valence-electron chi connectivity index (χ1n) is 6.07. The Morgan fingerprint density at radius 2 is 1.67 bits per heavy atom. The smallest absolute Gasteiger partial charge is 0.150 e. The van der Waals surface area contributed by atoms with Crippen LogP contribution in [-0.2, 0) is 4.74 Å². The van der Waals surface area contributed by atoms with E-state index < -0.39 is 11.6 Å². The predicted molar refractivity (Wildman–Crippen MR) is 68.8 cm³/mol. The topological polar surface area (TPSA) is 12.5 Å². The molecule has 2 aliphatic rings. The van der Waals surface area contributed by atoms with Gasteiger partial charge in [-0.15, -0.1) is 0 Å². The lowest BCUT2D eigenvalue weighted by Gasteiger charge is -2.53. The van der Waals surface area contributed by atoms with Gasteiger partial charge in [-0.05, 0) is 25.0 Å². The largest absolute Gasteiger partial charge is 0.381 e. The van der Waals surface area contributed by atoms with Crippen LogP contribution in [0.3, 0.4) is 0 Å². The van der Waals surface area contributed by atoms with E-state index in [9.17, 15) is 8.78 Å². The normalized spacial score (nSPS) is 22.1. The minimum Gasteiger partial charge on any atom is -0.381 e. The van der Waals surface area contributed by atoms with Crippen molar-refractivity contribution in [1.82, 2.24) is 0 Å². The third kappa shape index (κ3) is 2.03. The molecule has 0 atom stereocenters. The van der Waals surface area contributed by atoms with Crippen LogP contribution in [0.4, 0.5) is 14.5 Å². The maximum absolute atomic E-state index is 13.8. The minimum atomic E-state index is -0.496. The van der Waals surface area contributed by atoms with E-state index in [0.29, 0.717) is 4.47 Å². The van der Waals surface area contributed by atoms with E-state index in [2.05, 4.69) is 15.9 Å². The molecule has 2 nitrogen and oxygen atoms in total. The first-order chi connectivity index (χ1) is 8.60. The van der Waals surface area contributed by atoms with E-state index in [0.717, 1.165) is 39.1 Å². The van der Waals surface area contributed by atoms with Crippen LogP contribution in [0, 0.1) is 17.0 Å². The number of anilines is 1. The van der Waals surface area contributed by atoms with Gasteiger partial charge in [-0.3, -0.25) is 0 Å². The fourth-order valence-corrected chi connectivity index (χ4v) is 3.28. The summed E-state index contributed by atoms with van der Waals surface area (Å²) in [5.41, 5.74) is 0.319. The summed E-state index contributed by atoms with van der Waals surface area (Å²) in [6, 6.07) is 2.63. The van der Waals surface area contributed by atoms with Crippen LogP contribution in [-0.4, -0.2) is 26.3 Å². The zero-order chi connectivity index (χ0) is 12.8. The number of nitrogens with zero attached hydrogens (tertiary/aromatic N) is 1. The summed E-state index contributed by atoms with van der Waals surface area (Å²) in [4.78, 5) is 1.79. The Bertz CT molecular complexity index is 443. The number of hydrogen-bond acceptors (Lipinski definition) is 2. The Morgan fingerprint density at radius 1 is 1.11 bits per heavy atom. The maximum Gasteiger partial charge on any atom is 0.150 e. The lowest BCUT2D eigenvalue weighted by Crippen LogP contribution is -2.59. The van der Waals surface area contributed by atoms with E-state index in [1.54, 1.807) is 4.90 Å². The summed E-state index contributed by atoms with van der Waals surface area (Å²) in [5, 5.41) is 0. The van der Waals surface area contributed by atoms with Crippen molar-refractivity contribution >= 4 is 21.6 Å². The van der Waals surface area contributed by atoms with E-state index in [-0.39, 0.29) is 11.1 Å². The quantitative estimate of drug-likeness (QED) is 0.787. The van der Waals surface area contributed by atoms with Gasteiger partial charge >= 0.3 is 0 Å². The van der Waals surface area contributed by atoms with E-state index in [4.69, 9.17) is 4.74 Å². The number of hydrogen-bond donors (Lipinski definition) is 0. The molecule has 0 N–H and O–H groups in total. The van der Waals surface area contributed by atoms with Crippen LogP contribution in [0.2, 0.25) is 0 Å². The van der Waals surface area contributed by atoms with Gasteiger partial charge in [0.05, 0.1) is 0 Å². The molecule has 18 heavy (non-hydrogen) atoms. The molecule has 3 rings (SSSR count). The van der Waals surface area contributed by atoms with Gasteiger partial charge in [-0.1, -0.05) is 15.9 Å². The molecular weight excluding hydrogens is 304 g/mol. The molecule has 0 bridgehead atoms. The minimum absolute atomic E-state index is 0.107. The first-order valence-corrected chi connectivity index (χ1v) is 6.86. The van der Waals surface area contributed by atoms with Gasteiger partial charge < -0.3 is 9.64 Å². The summed E-state index contributed by atoms with van der Waals surface area (Å²) in [6.45, 7) is 2.98. The second kappa shape index (κ2) is 4.46. The molecule has 0 radical (unpaired) electrons. The zero-order valence-electron chi connectivity index (χ0n) is 9.89. The van der Waals surface area contributed by atoms with Crippen LogP contribution < -0.4 is 4.90 Å². The van der Waals surface area contributed by atoms with Crippen molar-refractivity contribution in [3.63, 3.8) is 0 Å². The molecule has 2 heterocycles. The summed E-state index contributed by atoms with van der Waals surface area (Å²) >= 11 is 3.09. The third-order valence-electron chi connectivity index (χ3n) is 3.90. The number of benzene rings is 1. The number of ether oxygens (including phenoxy) is 1. The molecule has 1 aromatic carbocycles. The van der Waals surface area contributed by atoms with Gasteiger partial charge in [0.1, 0.15) is 5.69 Å². The molecule has 0 amide bonds. The zero-order valence-corrected chi connectivity index (χ0v) is 11.5. The second-order valence-corrected chi connectivity index (χ2v) is 6.10. The Morgan fingerprint density at radius 3 is 2.22 bits per heavy atom. The molecule has 1 spiro atoms. The van der Waals surface area contributed by atoms with Crippen LogP contribution in [0.5, 0.6) is 0 Å². The Hall–Kier alpha value is -0.680. The van der Waals surface area contributed by atoms with Crippen molar-refractivity contribution in [2.75, 3.05) is 31.2 Å². The molecule has 0 unspecified atom stereocenters. The first kappa shape index (κ1) is 12.4. The lowest BCUT2D eigenvalue weighted by atomic mass is 9.73. The molecule has 0 aliphatic carbocycles. The highest BCUT2D eigenvalue weighted by molar-refractivity contribution is 9.10. The van der Waals surface area contributed by atoms with E-state index >= 15 is 0 Å². The van der Waals surface area contributed by atoms with Gasteiger partial charge in [-0.25, -0.2) is 8.78 Å². The molecule has 0 saturated carbocycles. The Labute approximate surface area is 113 Å². The summed E-state index contributed by atoms with van der Waals surface area (Å²) < 4.78 is 33.4. The molecule has 2 fully saturated rings. The number of rotatable bonds is 1. The lowest BCUT2D eigenvalue weighted by molar-refractivity contribution is -0.000597.